The van der Waals surface area contributed by atoms with Gasteiger partial charge in [0.15, 0.2) is 0 Å². The van der Waals surface area contributed by atoms with Crippen LogP contribution in [0.5, 0.6) is 5.75 Å². The molecule has 0 bridgehead atoms. The monoisotopic (exact) mass is 245 g/mol. The van der Waals surface area contributed by atoms with E-state index in [9.17, 15) is 0 Å². The molecule has 1 aliphatic carbocycles. The van der Waals surface area contributed by atoms with Gasteiger partial charge in [-0.2, -0.15) is 0 Å². The summed E-state index contributed by atoms with van der Waals surface area (Å²) in [6, 6.07) is 8.78. The van der Waals surface area contributed by atoms with Gasteiger partial charge >= 0.3 is 0 Å². The fraction of sp³-hybridized carbons (Fsp3) is 0.625. The predicted octanol–water partition coefficient (Wildman–Crippen LogP) is 3.12. The molecule has 0 aromatic heterocycles. The Kier molecular flexibility index (Phi) is 3.29. The van der Waals surface area contributed by atoms with Crippen molar-refractivity contribution in [1.82, 2.24) is 5.32 Å². The number of rotatable bonds is 2. The molecule has 2 nitrogen and oxygen atoms in total. The molecule has 1 saturated heterocycles. The van der Waals surface area contributed by atoms with Crippen molar-refractivity contribution in [1.29, 1.82) is 0 Å². The second-order valence-electron chi connectivity index (χ2n) is 5.78. The van der Waals surface area contributed by atoms with Gasteiger partial charge in [0.1, 0.15) is 5.75 Å². The molecule has 0 spiro atoms. The number of hydrogen-bond donors (Lipinski definition) is 1. The number of nitrogens with one attached hydrogen (secondary N) is 1. The first-order valence-electron chi connectivity index (χ1n) is 7.20. The van der Waals surface area contributed by atoms with Crippen molar-refractivity contribution in [2.75, 3.05) is 20.2 Å². The van der Waals surface area contributed by atoms with E-state index in [1.807, 2.05) is 0 Å². The number of hydrogen-bond acceptors (Lipinski definition) is 2. The summed E-state index contributed by atoms with van der Waals surface area (Å²) in [6.07, 6.45) is 6.80. The van der Waals surface area contributed by atoms with Crippen LogP contribution < -0.4 is 10.1 Å². The molecule has 1 N–H and O–H groups in total. The molecule has 98 valence electrons. The van der Waals surface area contributed by atoms with E-state index in [-0.39, 0.29) is 0 Å². The fourth-order valence-electron chi connectivity index (χ4n) is 3.98. The maximum absolute atomic E-state index is 5.41. The van der Waals surface area contributed by atoms with Gasteiger partial charge in [0, 0.05) is 5.41 Å². The summed E-state index contributed by atoms with van der Waals surface area (Å²) in [6.45, 7) is 2.35. The summed E-state index contributed by atoms with van der Waals surface area (Å²) in [5.74, 6) is 1.82. The number of benzene rings is 1. The zero-order valence-corrected chi connectivity index (χ0v) is 11.2. The number of methoxy groups -OCH3 is 1. The summed E-state index contributed by atoms with van der Waals surface area (Å²) >= 11 is 0. The quantitative estimate of drug-likeness (QED) is 0.864. The lowest BCUT2D eigenvalue weighted by Gasteiger charge is -2.48. The van der Waals surface area contributed by atoms with Crippen LogP contribution in [0.15, 0.2) is 24.3 Å². The van der Waals surface area contributed by atoms with E-state index >= 15 is 0 Å². The van der Waals surface area contributed by atoms with Crippen LogP contribution in [0.1, 0.15) is 37.7 Å². The van der Waals surface area contributed by atoms with E-state index in [1.54, 1.807) is 7.11 Å². The van der Waals surface area contributed by atoms with E-state index in [1.165, 1.54) is 44.2 Å². The smallest absolute Gasteiger partial charge is 0.119 e. The zero-order chi connectivity index (χ0) is 12.4. The van der Waals surface area contributed by atoms with Gasteiger partial charge in [-0.3, -0.25) is 0 Å². The van der Waals surface area contributed by atoms with E-state index in [0.717, 1.165) is 18.2 Å². The fourth-order valence-corrected chi connectivity index (χ4v) is 3.98. The SMILES string of the molecule is COc1cccc([C@]23CCCC[C@@H]2CNCC3)c1. The van der Waals surface area contributed by atoms with Gasteiger partial charge in [0.05, 0.1) is 7.11 Å². The van der Waals surface area contributed by atoms with Gasteiger partial charge in [-0.1, -0.05) is 25.0 Å². The molecule has 0 amide bonds. The molecule has 2 aliphatic rings. The maximum Gasteiger partial charge on any atom is 0.119 e. The lowest BCUT2D eigenvalue weighted by atomic mass is 9.59. The van der Waals surface area contributed by atoms with Crippen LogP contribution in [0.25, 0.3) is 0 Å². The molecule has 1 aromatic rings. The van der Waals surface area contributed by atoms with Crippen molar-refractivity contribution in [2.45, 2.75) is 37.5 Å². The molecule has 2 heteroatoms. The highest BCUT2D eigenvalue weighted by molar-refractivity contribution is 5.35. The maximum atomic E-state index is 5.41. The Morgan fingerprint density at radius 3 is 3.11 bits per heavy atom. The minimum absolute atomic E-state index is 0.415. The Labute approximate surface area is 110 Å². The van der Waals surface area contributed by atoms with Gasteiger partial charge in [-0.15, -0.1) is 0 Å². The summed E-state index contributed by atoms with van der Waals surface area (Å²) in [5, 5.41) is 3.58. The number of ether oxygens (including phenoxy) is 1. The zero-order valence-electron chi connectivity index (χ0n) is 11.2. The van der Waals surface area contributed by atoms with Crippen molar-refractivity contribution in [3.05, 3.63) is 29.8 Å². The molecule has 18 heavy (non-hydrogen) atoms. The topological polar surface area (TPSA) is 21.3 Å². The van der Waals surface area contributed by atoms with Crippen molar-refractivity contribution < 1.29 is 4.74 Å². The molecule has 2 fully saturated rings. The number of piperidine rings is 1. The molecule has 0 unspecified atom stereocenters. The molecule has 1 aliphatic heterocycles. The molecule has 1 aromatic carbocycles. The van der Waals surface area contributed by atoms with Crippen LogP contribution in [-0.2, 0) is 5.41 Å². The summed E-state index contributed by atoms with van der Waals surface area (Å²) in [7, 11) is 1.76. The summed E-state index contributed by atoms with van der Waals surface area (Å²) in [4.78, 5) is 0. The standard InChI is InChI=1S/C16H23NO/c1-18-15-7-4-6-13(11-15)16-8-3-2-5-14(16)12-17-10-9-16/h4,6-7,11,14,17H,2-3,5,8-10,12H2,1H3/t14-,16-/m1/s1. The molecule has 0 radical (unpaired) electrons. The van der Waals surface area contributed by atoms with E-state index < -0.39 is 0 Å². The van der Waals surface area contributed by atoms with Crippen LogP contribution in [0, 0.1) is 5.92 Å². The van der Waals surface area contributed by atoms with Gasteiger partial charge in [0.2, 0.25) is 0 Å². The van der Waals surface area contributed by atoms with Crippen molar-refractivity contribution in [3.8, 4) is 5.75 Å². The van der Waals surface area contributed by atoms with E-state index in [4.69, 9.17) is 4.74 Å². The number of fused-ring (bicyclic) bond motifs is 1. The largest absolute Gasteiger partial charge is 0.497 e. The second-order valence-corrected chi connectivity index (χ2v) is 5.78. The average molecular weight is 245 g/mol. The molecule has 2 atom stereocenters. The third kappa shape index (κ3) is 1.93. The average Bonchev–Trinajstić information content (AvgIpc) is 2.47. The third-order valence-corrected chi connectivity index (χ3v) is 4.99. The second kappa shape index (κ2) is 4.93. The predicted molar refractivity (Wildman–Crippen MR) is 74.1 cm³/mol. The van der Waals surface area contributed by atoms with E-state index in [2.05, 4.69) is 29.6 Å². The first-order valence-corrected chi connectivity index (χ1v) is 7.20. The van der Waals surface area contributed by atoms with Crippen LogP contribution in [0.4, 0.5) is 0 Å². The lowest BCUT2D eigenvalue weighted by Crippen LogP contribution is -2.49. The Morgan fingerprint density at radius 1 is 1.28 bits per heavy atom. The Bertz CT molecular complexity index is 403. The lowest BCUT2D eigenvalue weighted by molar-refractivity contribution is 0.137. The molecule has 1 saturated carbocycles. The molecular weight excluding hydrogens is 222 g/mol. The normalized spacial score (nSPS) is 31.7. The van der Waals surface area contributed by atoms with Crippen LogP contribution in [-0.4, -0.2) is 20.2 Å². The highest BCUT2D eigenvalue weighted by Gasteiger charge is 2.43. The summed E-state index contributed by atoms with van der Waals surface area (Å²) in [5.41, 5.74) is 1.92. The highest BCUT2D eigenvalue weighted by atomic mass is 16.5. The minimum Gasteiger partial charge on any atom is -0.497 e. The third-order valence-electron chi connectivity index (χ3n) is 4.99. The van der Waals surface area contributed by atoms with Gasteiger partial charge in [0.25, 0.3) is 0 Å². The summed E-state index contributed by atoms with van der Waals surface area (Å²) < 4.78 is 5.41. The van der Waals surface area contributed by atoms with Gasteiger partial charge in [-0.25, -0.2) is 0 Å². The Balaban J connectivity index is 1.98. The van der Waals surface area contributed by atoms with Crippen molar-refractivity contribution in [2.24, 2.45) is 5.92 Å². The van der Waals surface area contributed by atoms with E-state index in [0.29, 0.717) is 5.41 Å². The van der Waals surface area contributed by atoms with Crippen LogP contribution in [0.3, 0.4) is 0 Å². The van der Waals surface area contributed by atoms with Gasteiger partial charge < -0.3 is 10.1 Å². The highest BCUT2D eigenvalue weighted by Crippen LogP contribution is 2.47. The molecule has 1 heterocycles. The minimum atomic E-state index is 0.415. The Hall–Kier alpha value is -1.02. The van der Waals surface area contributed by atoms with Crippen molar-refractivity contribution >= 4 is 0 Å². The van der Waals surface area contributed by atoms with Crippen LogP contribution >= 0.6 is 0 Å². The van der Waals surface area contributed by atoms with Gasteiger partial charge in [-0.05, 0) is 56.0 Å². The van der Waals surface area contributed by atoms with Crippen molar-refractivity contribution in [3.63, 3.8) is 0 Å². The Morgan fingerprint density at radius 2 is 2.22 bits per heavy atom. The van der Waals surface area contributed by atoms with Crippen LogP contribution in [0.2, 0.25) is 0 Å². The first-order chi connectivity index (χ1) is 8.85. The first kappa shape index (κ1) is 12.0. The molecule has 3 rings (SSSR count). The molecular formula is C16H23NO.